The molecule has 1 aliphatic rings. The minimum Gasteiger partial charge on any atom is -0.354 e. The molecule has 1 aliphatic heterocycles. The number of aromatic nitrogens is 2. The third-order valence-electron chi connectivity index (χ3n) is 2.33. The summed E-state index contributed by atoms with van der Waals surface area (Å²) in [6.07, 6.45) is 3.34. The maximum absolute atomic E-state index is 12.2. The zero-order valence-electron chi connectivity index (χ0n) is 7.57. The third-order valence-corrected chi connectivity index (χ3v) is 2.33. The van der Waals surface area contributed by atoms with Gasteiger partial charge < -0.3 is 4.90 Å². The highest BCUT2D eigenvalue weighted by Crippen LogP contribution is 2.24. The Morgan fingerprint density at radius 2 is 2.15 bits per heavy atom. The molecule has 0 radical (unpaired) electrons. The molecule has 0 saturated carbocycles. The first kappa shape index (κ1) is 8.41. The predicted octanol–water partition coefficient (Wildman–Crippen LogP) is 1.19. The smallest absolute Gasteiger partial charge is 0.150 e. The van der Waals surface area contributed by atoms with Crippen molar-refractivity contribution in [3.8, 4) is 0 Å². The first-order valence-electron chi connectivity index (χ1n) is 4.40. The third kappa shape index (κ3) is 1.48. The Kier molecular flexibility index (Phi) is 2.12. The second-order valence-electron chi connectivity index (χ2n) is 3.39. The molecule has 0 aliphatic carbocycles. The van der Waals surface area contributed by atoms with Crippen LogP contribution in [0.3, 0.4) is 0 Å². The van der Waals surface area contributed by atoms with Crippen LogP contribution in [0.2, 0.25) is 0 Å². The van der Waals surface area contributed by atoms with Gasteiger partial charge in [-0.15, -0.1) is 0 Å². The van der Waals surface area contributed by atoms with Crippen LogP contribution in [0.4, 0.5) is 10.2 Å². The lowest BCUT2D eigenvalue weighted by molar-refractivity contribution is 0.304. The number of anilines is 1. The van der Waals surface area contributed by atoms with E-state index in [9.17, 15) is 4.39 Å². The van der Waals surface area contributed by atoms with E-state index in [1.807, 2.05) is 6.92 Å². The molecule has 13 heavy (non-hydrogen) atoms. The van der Waals surface area contributed by atoms with E-state index < -0.39 is 0 Å². The molecule has 1 aromatic heterocycles. The molecule has 1 fully saturated rings. The molecule has 0 N–H and O–H groups in total. The van der Waals surface area contributed by atoms with Crippen molar-refractivity contribution in [3.05, 3.63) is 18.1 Å². The SMILES string of the molecule is Cc1nccnc1N1CC(CF)C1. The van der Waals surface area contributed by atoms with E-state index in [4.69, 9.17) is 0 Å². The quantitative estimate of drug-likeness (QED) is 0.686. The van der Waals surface area contributed by atoms with Gasteiger partial charge in [-0.25, -0.2) is 4.98 Å². The fourth-order valence-electron chi connectivity index (χ4n) is 1.55. The molecule has 0 bridgehead atoms. The largest absolute Gasteiger partial charge is 0.354 e. The highest BCUT2D eigenvalue weighted by atomic mass is 19.1. The van der Waals surface area contributed by atoms with Crippen molar-refractivity contribution in [1.29, 1.82) is 0 Å². The van der Waals surface area contributed by atoms with E-state index >= 15 is 0 Å². The van der Waals surface area contributed by atoms with Crippen LogP contribution >= 0.6 is 0 Å². The molecule has 2 heterocycles. The van der Waals surface area contributed by atoms with E-state index in [2.05, 4.69) is 14.9 Å². The summed E-state index contributed by atoms with van der Waals surface area (Å²) in [5.41, 5.74) is 0.916. The molecule has 3 nitrogen and oxygen atoms in total. The molecular formula is C9H12FN3. The fourth-order valence-corrected chi connectivity index (χ4v) is 1.55. The molecule has 4 heteroatoms. The van der Waals surface area contributed by atoms with Gasteiger partial charge >= 0.3 is 0 Å². The lowest BCUT2D eigenvalue weighted by Gasteiger charge is -2.39. The Morgan fingerprint density at radius 3 is 2.77 bits per heavy atom. The van der Waals surface area contributed by atoms with Crippen LogP contribution in [0.25, 0.3) is 0 Å². The summed E-state index contributed by atoms with van der Waals surface area (Å²) < 4.78 is 12.2. The summed E-state index contributed by atoms with van der Waals surface area (Å²) in [4.78, 5) is 10.4. The molecule has 2 rings (SSSR count). The van der Waals surface area contributed by atoms with Crippen LogP contribution in [0.5, 0.6) is 0 Å². The van der Waals surface area contributed by atoms with E-state index in [0.717, 1.165) is 24.6 Å². The average molecular weight is 181 g/mol. The Bertz CT molecular complexity index is 297. The van der Waals surface area contributed by atoms with Crippen LogP contribution in [-0.4, -0.2) is 29.7 Å². The minimum atomic E-state index is -0.226. The van der Waals surface area contributed by atoms with Gasteiger partial charge in [0.2, 0.25) is 0 Å². The Balaban J connectivity index is 2.07. The van der Waals surface area contributed by atoms with E-state index in [1.54, 1.807) is 12.4 Å². The van der Waals surface area contributed by atoms with E-state index in [-0.39, 0.29) is 12.6 Å². The second kappa shape index (κ2) is 3.28. The highest BCUT2D eigenvalue weighted by Gasteiger charge is 2.28. The topological polar surface area (TPSA) is 29.0 Å². The fraction of sp³-hybridized carbons (Fsp3) is 0.556. The number of hydrogen-bond donors (Lipinski definition) is 0. The Morgan fingerprint density at radius 1 is 1.46 bits per heavy atom. The molecule has 1 saturated heterocycles. The highest BCUT2D eigenvalue weighted by molar-refractivity contribution is 5.44. The van der Waals surface area contributed by atoms with Crippen LogP contribution in [-0.2, 0) is 0 Å². The van der Waals surface area contributed by atoms with Crippen molar-refractivity contribution < 1.29 is 4.39 Å². The number of nitrogens with zero attached hydrogens (tertiary/aromatic N) is 3. The van der Waals surface area contributed by atoms with Crippen molar-refractivity contribution in [3.63, 3.8) is 0 Å². The maximum Gasteiger partial charge on any atom is 0.150 e. The van der Waals surface area contributed by atoms with Crippen LogP contribution in [0, 0.1) is 12.8 Å². The standard InChI is InChI=1S/C9H12FN3/c1-7-9(12-3-2-11-7)13-5-8(4-10)6-13/h2-3,8H,4-6H2,1H3. The van der Waals surface area contributed by atoms with E-state index in [1.165, 1.54) is 0 Å². The summed E-state index contributed by atoms with van der Waals surface area (Å²) in [7, 11) is 0. The van der Waals surface area contributed by atoms with Crippen molar-refractivity contribution in [2.24, 2.45) is 5.92 Å². The summed E-state index contributed by atoms with van der Waals surface area (Å²) in [5.74, 6) is 1.09. The lowest BCUT2D eigenvalue weighted by Crippen LogP contribution is -2.48. The average Bonchev–Trinajstić information content (AvgIpc) is 2.06. The predicted molar refractivity (Wildman–Crippen MR) is 48.4 cm³/mol. The van der Waals surface area contributed by atoms with Crippen LogP contribution in [0.15, 0.2) is 12.4 Å². The summed E-state index contributed by atoms with van der Waals surface area (Å²) in [6, 6.07) is 0. The van der Waals surface area contributed by atoms with E-state index in [0.29, 0.717) is 0 Å². The van der Waals surface area contributed by atoms with Crippen molar-refractivity contribution in [1.82, 2.24) is 9.97 Å². The second-order valence-corrected chi connectivity index (χ2v) is 3.39. The number of halogens is 1. The first-order chi connectivity index (χ1) is 6.31. The van der Waals surface area contributed by atoms with Gasteiger partial charge in [-0.1, -0.05) is 0 Å². The number of aryl methyl sites for hydroxylation is 1. The lowest BCUT2D eigenvalue weighted by atomic mass is 10.0. The Hall–Kier alpha value is -1.19. The minimum absolute atomic E-state index is 0.196. The zero-order chi connectivity index (χ0) is 9.26. The maximum atomic E-state index is 12.2. The molecule has 70 valence electrons. The van der Waals surface area contributed by atoms with Gasteiger partial charge in [-0.2, -0.15) is 0 Å². The van der Waals surface area contributed by atoms with Gasteiger partial charge in [-0.3, -0.25) is 9.37 Å². The number of rotatable bonds is 2. The van der Waals surface area contributed by atoms with Gasteiger partial charge in [-0.05, 0) is 6.92 Å². The molecule has 0 spiro atoms. The molecule has 0 amide bonds. The van der Waals surface area contributed by atoms with Crippen molar-refractivity contribution in [2.45, 2.75) is 6.92 Å². The van der Waals surface area contributed by atoms with Gasteiger partial charge in [0.05, 0.1) is 12.4 Å². The Labute approximate surface area is 76.6 Å². The number of hydrogen-bond acceptors (Lipinski definition) is 3. The molecule has 0 unspecified atom stereocenters. The van der Waals surface area contributed by atoms with Crippen LogP contribution in [0.1, 0.15) is 5.69 Å². The molecule has 1 aromatic rings. The molecule has 0 aromatic carbocycles. The molecule has 0 atom stereocenters. The summed E-state index contributed by atoms with van der Waals surface area (Å²) in [5, 5.41) is 0. The first-order valence-corrected chi connectivity index (χ1v) is 4.40. The van der Waals surface area contributed by atoms with Crippen molar-refractivity contribution >= 4 is 5.82 Å². The van der Waals surface area contributed by atoms with Crippen LogP contribution < -0.4 is 4.90 Å². The monoisotopic (exact) mass is 181 g/mol. The number of alkyl halides is 1. The summed E-state index contributed by atoms with van der Waals surface area (Å²) >= 11 is 0. The van der Waals surface area contributed by atoms with Gasteiger partial charge in [0.25, 0.3) is 0 Å². The summed E-state index contributed by atoms with van der Waals surface area (Å²) in [6.45, 7) is 3.24. The van der Waals surface area contributed by atoms with Gasteiger partial charge in [0.15, 0.2) is 0 Å². The normalized spacial score (nSPS) is 17.2. The van der Waals surface area contributed by atoms with Gasteiger partial charge in [0, 0.05) is 31.4 Å². The van der Waals surface area contributed by atoms with Gasteiger partial charge in [0.1, 0.15) is 5.82 Å². The van der Waals surface area contributed by atoms with Crippen molar-refractivity contribution in [2.75, 3.05) is 24.7 Å². The zero-order valence-corrected chi connectivity index (χ0v) is 7.57. The molecular weight excluding hydrogens is 169 g/mol.